The van der Waals surface area contributed by atoms with Crippen LogP contribution in [-0.4, -0.2) is 11.0 Å². The highest BCUT2D eigenvalue weighted by Gasteiger charge is 2.66. The van der Waals surface area contributed by atoms with Crippen LogP contribution in [0.2, 0.25) is 0 Å². The van der Waals surface area contributed by atoms with Crippen LogP contribution in [0.15, 0.2) is 48.5 Å². The third-order valence-electron chi connectivity index (χ3n) is 5.09. The Balaban J connectivity index is 1.78. The third kappa shape index (κ3) is 2.82. The predicted molar refractivity (Wildman–Crippen MR) is 90.7 cm³/mol. The van der Waals surface area contributed by atoms with Crippen molar-refractivity contribution in [2.75, 3.05) is 0 Å². The molecule has 1 unspecified atom stereocenters. The molecule has 4 heteroatoms. The summed E-state index contributed by atoms with van der Waals surface area (Å²) in [6.07, 6.45) is 0.744. The van der Waals surface area contributed by atoms with Crippen LogP contribution in [0.25, 0.3) is 0 Å². The number of carbonyl (C=O) groups excluding carboxylic acids is 1. The van der Waals surface area contributed by atoms with E-state index in [4.69, 9.17) is 0 Å². The van der Waals surface area contributed by atoms with Crippen LogP contribution in [0.4, 0.5) is 4.39 Å². The second kappa shape index (κ2) is 6.02. The minimum atomic E-state index is -0.602. The Morgan fingerprint density at radius 1 is 1.17 bits per heavy atom. The van der Waals surface area contributed by atoms with Gasteiger partial charge in [-0.25, -0.2) is 4.39 Å². The van der Waals surface area contributed by atoms with E-state index in [0.29, 0.717) is 6.54 Å². The van der Waals surface area contributed by atoms with Crippen LogP contribution >= 0.6 is 0 Å². The predicted octanol–water partition coefficient (Wildman–Crippen LogP) is 3.30. The van der Waals surface area contributed by atoms with Gasteiger partial charge in [0.2, 0.25) is 5.91 Å². The number of aliphatic hydroxyl groups is 1. The van der Waals surface area contributed by atoms with Gasteiger partial charge in [0, 0.05) is 6.54 Å². The summed E-state index contributed by atoms with van der Waals surface area (Å²) in [6.45, 7) is 4.50. The Morgan fingerprint density at radius 2 is 1.79 bits per heavy atom. The Kier molecular flexibility index (Phi) is 4.18. The number of carbonyl (C=O) groups is 1. The molecule has 0 heterocycles. The first-order chi connectivity index (χ1) is 11.4. The molecule has 0 aromatic heterocycles. The fourth-order valence-electron chi connectivity index (χ4n) is 3.54. The highest BCUT2D eigenvalue weighted by atomic mass is 19.1. The first-order valence-electron chi connectivity index (χ1n) is 8.12. The molecule has 2 aromatic rings. The van der Waals surface area contributed by atoms with Crippen molar-refractivity contribution in [3.8, 4) is 0 Å². The highest BCUT2D eigenvalue weighted by Crippen LogP contribution is 2.64. The summed E-state index contributed by atoms with van der Waals surface area (Å²) in [4.78, 5) is 12.9. The van der Waals surface area contributed by atoms with Gasteiger partial charge in [-0.2, -0.15) is 0 Å². The van der Waals surface area contributed by atoms with Gasteiger partial charge in [0.15, 0.2) is 0 Å². The summed E-state index contributed by atoms with van der Waals surface area (Å²) in [5.41, 5.74) is 1.87. The molecule has 0 saturated heterocycles. The van der Waals surface area contributed by atoms with Gasteiger partial charge in [-0.05, 0) is 40.7 Å². The maximum atomic E-state index is 13.2. The molecular weight excluding hydrogens is 305 g/mol. The van der Waals surface area contributed by atoms with Crippen molar-refractivity contribution in [3.05, 3.63) is 71.0 Å². The standard InChI is InChI=1S/C20H22FNO2/c1-19(2)13-20(19,16-6-8-17(21)9-7-16)18(24)22-11-14-4-3-5-15(10-14)12-23/h3-10,23H,11-13H2,1-2H3,(H,22,24). The molecule has 3 nitrogen and oxygen atoms in total. The van der Waals surface area contributed by atoms with Crippen molar-refractivity contribution in [2.45, 2.75) is 38.8 Å². The zero-order chi connectivity index (χ0) is 17.4. The fraction of sp³-hybridized carbons (Fsp3) is 0.350. The zero-order valence-corrected chi connectivity index (χ0v) is 14.0. The Bertz CT molecular complexity index is 754. The van der Waals surface area contributed by atoms with Crippen molar-refractivity contribution in [2.24, 2.45) is 5.41 Å². The average Bonchev–Trinajstić information content (AvgIpc) is 3.17. The van der Waals surface area contributed by atoms with E-state index in [-0.39, 0.29) is 23.7 Å². The van der Waals surface area contributed by atoms with E-state index in [1.807, 2.05) is 24.3 Å². The third-order valence-corrected chi connectivity index (χ3v) is 5.09. The van der Waals surface area contributed by atoms with E-state index in [1.54, 1.807) is 12.1 Å². The van der Waals surface area contributed by atoms with Crippen molar-refractivity contribution in [3.63, 3.8) is 0 Å². The van der Waals surface area contributed by atoms with Gasteiger partial charge in [0.05, 0.1) is 12.0 Å². The first-order valence-corrected chi connectivity index (χ1v) is 8.12. The highest BCUT2D eigenvalue weighted by molar-refractivity contribution is 5.93. The Hall–Kier alpha value is -2.20. The molecule has 0 aliphatic heterocycles. The van der Waals surface area contributed by atoms with Crippen LogP contribution in [0.3, 0.4) is 0 Å². The van der Waals surface area contributed by atoms with Crippen LogP contribution in [0.1, 0.15) is 37.0 Å². The largest absolute Gasteiger partial charge is 0.392 e. The number of benzene rings is 2. The van der Waals surface area contributed by atoms with Gasteiger partial charge >= 0.3 is 0 Å². The lowest BCUT2D eigenvalue weighted by atomic mass is 9.87. The van der Waals surface area contributed by atoms with E-state index >= 15 is 0 Å². The lowest BCUT2D eigenvalue weighted by Crippen LogP contribution is -2.37. The topological polar surface area (TPSA) is 49.3 Å². The second-order valence-electron chi connectivity index (χ2n) is 7.13. The second-order valence-corrected chi connectivity index (χ2v) is 7.13. The summed E-state index contributed by atoms with van der Waals surface area (Å²) < 4.78 is 13.2. The molecule has 3 rings (SSSR count). The summed E-state index contributed by atoms with van der Waals surface area (Å²) in [5.74, 6) is -0.331. The molecule has 0 spiro atoms. The number of aliphatic hydroxyl groups excluding tert-OH is 1. The van der Waals surface area contributed by atoms with Gasteiger partial charge in [-0.15, -0.1) is 0 Å². The quantitative estimate of drug-likeness (QED) is 0.885. The fourth-order valence-corrected chi connectivity index (χ4v) is 3.54. The van der Waals surface area contributed by atoms with Crippen LogP contribution in [-0.2, 0) is 23.4 Å². The van der Waals surface area contributed by atoms with E-state index in [2.05, 4.69) is 19.2 Å². The minimum Gasteiger partial charge on any atom is -0.392 e. The maximum Gasteiger partial charge on any atom is 0.231 e. The molecular formula is C20H22FNO2. The molecule has 1 amide bonds. The zero-order valence-electron chi connectivity index (χ0n) is 14.0. The smallest absolute Gasteiger partial charge is 0.231 e. The molecule has 24 heavy (non-hydrogen) atoms. The van der Waals surface area contributed by atoms with Gasteiger partial charge in [-0.3, -0.25) is 4.79 Å². The lowest BCUT2D eigenvalue weighted by molar-refractivity contribution is -0.124. The van der Waals surface area contributed by atoms with Crippen molar-refractivity contribution in [1.29, 1.82) is 0 Å². The molecule has 1 atom stereocenters. The maximum absolute atomic E-state index is 13.2. The van der Waals surface area contributed by atoms with Crippen LogP contribution < -0.4 is 5.32 Å². The number of nitrogens with one attached hydrogen (secondary N) is 1. The van der Waals surface area contributed by atoms with Crippen molar-refractivity contribution in [1.82, 2.24) is 5.32 Å². The normalized spacial score (nSPS) is 21.3. The first kappa shape index (κ1) is 16.7. The van der Waals surface area contributed by atoms with Crippen LogP contribution in [0.5, 0.6) is 0 Å². The molecule has 0 bridgehead atoms. The number of amides is 1. The summed E-state index contributed by atoms with van der Waals surface area (Å²) in [6, 6.07) is 13.7. The number of rotatable bonds is 5. The molecule has 2 N–H and O–H groups in total. The number of hydrogen-bond donors (Lipinski definition) is 2. The SMILES string of the molecule is CC1(C)CC1(C(=O)NCc1cccc(CO)c1)c1ccc(F)cc1. The summed E-state index contributed by atoms with van der Waals surface area (Å²) >= 11 is 0. The van der Waals surface area contributed by atoms with Crippen molar-refractivity contribution >= 4 is 5.91 Å². The monoisotopic (exact) mass is 327 g/mol. The van der Waals surface area contributed by atoms with E-state index in [0.717, 1.165) is 23.1 Å². The molecule has 1 aliphatic carbocycles. The van der Waals surface area contributed by atoms with Gasteiger partial charge in [0.1, 0.15) is 5.82 Å². The summed E-state index contributed by atoms with van der Waals surface area (Å²) in [7, 11) is 0. The van der Waals surface area contributed by atoms with Gasteiger partial charge < -0.3 is 10.4 Å². The molecule has 1 saturated carbocycles. The van der Waals surface area contributed by atoms with E-state index in [9.17, 15) is 14.3 Å². The minimum absolute atomic E-state index is 0.0195. The van der Waals surface area contributed by atoms with E-state index < -0.39 is 5.41 Å². The molecule has 1 fully saturated rings. The van der Waals surface area contributed by atoms with E-state index in [1.165, 1.54) is 12.1 Å². The molecule has 0 radical (unpaired) electrons. The van der Waals surface area contributed by atoms with Gasteiger partial charge in [0.25, 0.3) is 0 Å². The average molecular weight is 327 g/mol. The van der Waals surface area contributed by atoms with Crippen LogP contribution in [0, 0.1) is 11.2 Å². The molecule has 126 valence electrons. The number of hydrogen-bond acceptors (Lipinski definition) is 2. The Morgan fingerprint density at radius 3 is 2.38 bits per heavy atom. The van der Waals surface area contributed by atoms with Crippen molar-refractivity contribution < 1.29 is 14.3 Å². The van der Waals surface area contributed by atoms with Gasteiger partial charge in [-0.1, -0.05) is 50.2 Å². The molecule has 1 aliphatic rings. The summed E-state index contributed by atoms with van der Waals surface area (Å²) in [5, 5.41) is 12.2. The lowest BCUT2D eigenvalue weighted by Gasteiger charge is -2.21. The molecule has 2 aromatic carbocycles. The Labute approximate surface area is 141 Å². The number of halogens is 1.